The highest BCUT2D eigenvalue weighted by atomic mass is 31.2. The predicted octanol–water partition coefficient (Wildman–Crippen LogP) is 11.4. The molecule has 0 fully saturated rings. The number of ether oxygens (including phenoxy) is 2. The molecule has 0 aliphatic rings. The van der Waals surface area contributed by atoms with Crippen LogP contribution in [0.3, 0.4) is 0 Å². The van der Waals surface area contributed by atoms with Crippen molar-refractivity contribution in [3.8, 4) is 0 Å². The van der Waals surface area contributed by atoms with Crippen LogP contribution in [-0.2, 0) is 28.2 Å². The highest BCUT2D eigenvalue weighted by molar-refractivity contribution is 7.46. The monoisotopic (exact) mass is 698 g/mol. The smallest absolute Gasteiger partial charge is 0.462 e. The zero-order chi connectivity index (χ0) is 35.4. The summed E-state index contributed by atoms with van der Waals surface area (Å²) in [6.07, 6.45) is 40.1. The molecule has 0 amide bonds. The van der Waals surface area contributed by atoms with Crippen molar-refractivity contribution in [2.75, 3.05) is 13.2 Å². The lowest BCUT2D eigenvalue weighted by molar-refractivity contribution is -0.161. The van der Waals surface area contributed by atoms with E-state index < -0.39 is 32.5 Å². The second-order valence-electron chi connectivity index (χ2n) is 12.9. The van der Waals surface area contributed by atoms with Crippen LogP contribution in [0.2, 0.25) is 0 Å². The maximum Gasteiger partial charge on any atom is 0.469 e. The van der Waals surface area contributed by atoms with Gasteiger partial charge in [0, 0.05) is 12.8 Å². The molecule has 0 aliphatic carbocycles. The molecule has 0 saturated carbocycles. The Hall–Kier alpha value is -1.73. The van der Waals surface area contributed by atoms with Gasteiger partial charge in [-0.3, -0.25) is 14.1 Å². The Morgan fingerprint density at radius 1 is 0.542 bits per heavy atom. The molecule has 0 aliphatic heterocycles. The number of carbonyl (C=O) groups excluding carboxylic acids is 2. The van der Waals surface area contributed by atoms with Crippen LogP contribution in [0.4, 0.5) is 0 Å². The molecule has 0 rings (SSSR count). The highest BCUT2D eigenvalue weighted by Gasteiger charge is 2.22. The van der Waals surface area contributed by atoms with Crippen LogP contribution < -0.4 is 0 Å². The van der Waals surface area contributed by atoms with E-state index >= 15 is 0 Å². The molecule has 0 heterocycles. The molecule has 0 aromatic heterocycles. The predicted molar refractivity (Wildman–Crippen MR) is 198 cm³/mol. The fourth-order valence-corrected chi connectivity index (χ4v) is 5.60. The van der Waals surface area contributed by atoms with Crippen molar-refractivity contribution in [3.63, 3.8) is 0 Å². The molecular weight excluding hydrogens is 627 g/mol. The third kappa shape index (κ3) is 37.1. The summed E-state index contributed by atoms with van der Waals surface area (Å²) >= 11 is 0. The minimum atomic E-state index is -4.76. The molecule has 0 aromatic rings. The van der Waals surface area contributed by atoms with Gasteiger partial charge in [0.1, 0.15) is 6.61 Å². The van der Waals surface area contributed by atoms with Gasteiger partial charge in [-0.05, 0) is 64.2 Å². The van der Waals surface area contributed by atoms with Gasteiger partial charge in [-0.1, -0.05) is 140 Å². The average molecular weight is 699 g/mol. The first-order valence-corrected chi connectivity index (χ1v) is 20.8. The van der Waals surface area contributed by atoms with Crippen LogP contribution in [0.5, 0.6) is 0 Å². The topological polar surface area (TPSA) is 119 Å². The van der Waals surface area contributed by atoms with Crippen molar-refractivity contribution >= 4 is 19.8 Å². The highest BCUT2D eigenvalue weighted by Crippen LogP contribution is 2.36. The fraction of sp³-hybridized carbons (Fsp3) is 0.795. The number of allylic oxidation sites excluding steroid dienone is 6. The molecule has 2 N–H and O–H groups in total. The van der Waals surface area contributed by atoms with E-state index in [0.717, 1.165) is 57.8 Å². The first-order valence-electron chi connectivity index (χ1n) is 19.3. The summed E-state index contributed by atoms with van der Waals surface area (Å²) in [4.78, 5) is 42.7. The van der Waals surface area contributed by atoms with Gasteiger partial charge in [0.15, 0.2) is 6.10 Å². The first kappa shape index (κ1) is 46.3. The molecule has 0 bridgehead atoms. The van der Waals surface area contributed by atoms with Crippen molar-refractivity contribution < 1.29 is 37.9 Å². The Morgan fingerprint density at radius 3 is 1.46 bits per heavy atom. The van der Waals surface area contributed by atoms with Crippen molar-refractivity contribution in [3.05, 3.63) is 36.5 Å². The van der Waals surface area contributed by atoms with Crippen molar-refractivity contribution in [2.24, 2.45) is 0 Å². The maximum absolute atomic E-state index is 12.3. The number of rotatable bonds is 35. The summed E-state index contributed by atoms with van der Waals surface area (Å²) in [6, 6.07) is 0. The van der Waals surface area contributed by atoms with Gasteiger partial charge in [0.2, 0.25) is 0 Å². The molecule has 1 atom stereocenters. The zero-order valence-electron chi connectivity index (χ0n) is 30.6. The molecule has 9 heteroatoms. The summed E-state index contributed by atoms with van der Waals surface area (Å²) in [7, 11) is -4.76. The number of carbonyl (C=O) groups is 2. The van der Waals surface area contributed by atoms with Gasteiger partial charge in [0.05, 0.1) is 6.61 Å². The van der Waals surface area contributed by atoms with Crippen LogP contribution in [0.15, 0.2) is 36.5 Å². The minimum Gasteiger partial charge on any atom is -0.462 e. The van der Waals surface area contributed by atoms with E-state index in [1.54, 1.807) is 0 Å². The summed E-state index contributed by atoms with van der Waals surface area (Å²) in [5.74, 6) is -0.928. The summed E-state index contributed by atoms with van der Waals surface area (Å²) in [5.41, 5.74) is 0. The van der Waals surface area contributed by atoms with Crippen molar-refractivity contribution in [1.29, 1.82) is 0 Å². The van der Waals surface area contributed by atoms with Gasteiger partial charge < -0.3 is 19.3 Å². The Morgan fingerprint density at radius 2 is 0.938 bits per heavy atom. The lowest BCUT2D eigenvalue weighted by atomic mass is 10.1. The minimum absolute atomic E-state index is 0.179. The Balaban J connectivity index is 4.02. The zero-order valence-corrected chi connectivity index (χ0v) is 31.5. The van der Waals surface area contributed by atoms with E-state index in [4.69, 9.17) is 19.3 Å². The van der Waals surface area contributed by atoms with E-state index in [2.05, 4.69) is 54.8 Å². The van der Waals surface area contributed by atoms with E-state index in [0.29, 0.717) is 12.8 Å². The third-order valence-corrected chi connectivity index (χ3v) is 8.64. The molecular formula is C39H71O8P. The molecule has 0 radical (unpaired) electrons. The van der Waals surface area contributed by atoms with Crippen molar-refractivity contribution in [2.45, 2.75) is 187 Å². The van der Waals surface area contributed by atoms with E-state index in [1.165, 1.54) is 83.5 Å². The van der Waals surface area contributed by atoms with Crippen LogP contribution >= 0.6 is 7.82 Å². The molecule has 0 spiro atoms. The number of phosphoric acid groups is 1. The van der Waals surface area contributed by atoms with Crippen LogP contribution in [-0.4, -0.2) is 41.0 Å². The Kier molecular flexibility index (Phi) is 33.8. The third-order valence-electron chi connectivity index (χ3n) is 8.16. The van der Waals surface area contributed by atoms with E-state index in [1.807, 2.05) is 0 Å². The quantitative estimate of drug-likeness (QED) is 0.0221. The van der Waals surface area contributed by atoms with Crippen LogP contribution in [0.25, 0.3) is 0 Å². The number of hydrogen-bond acceptors (Lipinski definition) is 6. The van der Waals surface area contributed by atoms with Crippen LogP contribution in [0, 0.1) is 0 Å². The summed E-state index contributed by atoms with van der Waals surface area (Å²) < 4.78 is 26.3. The number of phosphoric ester groups is 1. The SMILES string of the molecule is CCCCCC/C=C/C=C/CCCCCCCC(=O)OC[C@H](COP(=O)(O)O)OC(=O)CCCC/C=C/CCCCCCCCCCC. The number of esters is 2. The lowest BCUT2D eigenvalue weighted by Crippen LogP contribution is -2.29. The normalized spacial score (nSPS) is 12.8. The second-order valence-corrected chi connectivity index (χ2v) is 14.2. The molecule has 48 heavy (non-hydrogen) atoms. The molecule has 8 nitrogen and oxygen atoms in total. The first-order chi connectivity index (χ1) is 23.3. The van der Waals surface area contributed by atoms with Gasteiger partial charge in [0.25, 0.3) is 0 Å². The molecule has 280 valence electrons. The second kappa shape index (κ2) is 35.1. The van der Waals surface area contributed by atoms with Gasteiger partial charge in [-0.15, -0.1) is 0 Å². The van der Waals surface area contributed by atoms with Gasteiger partial charge in [-0.2, -0.15) is 0 Å². The summed E-state index contributed by atoms with van der Waals surface area (Å²) in [6.45, 7) is 3.63. The lowest BCUT2D eigenvalue weighted by Gasteiger charge is -2.18. The van der Waals surface area contributed by atoms with Crippen LogP contribution in [0.1, 0.15) is 181 Å². The fourth-order valence-electron chi connectivity index (χ4n) is 5.24. The van der Waals surface area contributed by atoms with E-state index in [9.17, 15) is 14.2 Å². The standard InChI is InChI=1S/C39H71O8P/c1-3-5-7-9-11-13-15-17-19-21-23-25-27-29-31-33-38(40)45-35-37(36-46-48(42,43)44)47-39(41)34-32-30-28-26-24-22-20-18-16-14-12-10-8-6-4-2/h13,15,17,19,24,26,37H,3-12,14,16,18,20-23,25,27-36H2,1-2H3,(H2,42,43,44)/b15-13+,19-17+,26-24+/t37-/m1/s1. The number of hydrogen-bond donors (Lipinski definition) is 2. The Bertz CT molecular complexity index is 879. The molecule has 0 aromatic carbocycles. The van der Waals surface area contributed by atoms with Crippen molar-refractivity contribution in [1.82, 2.24) is 0 Å². The van der Waals surface area contributed by atoms with Gasteiger partial charge in [-0.25, -0.2) is 4.57 Å². The number of unbranched alkanes of at least 4 members (excludes halogenated alkanes) is 20. The average Bonchev–Trinajstić information content (AvgIpc) is 3.05. The summed E-state index contributed by atoms with van der Waals surface area (Å²) in [5, 5.41) is 0. The molecule has 0 unspecified atom stereocenters. The molecule has 0 saturated heterocycles. The van der Waals surface area contributed by atoms with Gasteiger partial charge >= 0.3 is 19.8 Å². The maximum atomic E-state index is 12.3. The Labute approximate surface area is 293 Å². The largest absolute Gasteiger partial charge is 0.469 e. The van der Waals surface area contributed by atoms with E-state index in [-0.39, 0.29) is 19.4 Å².